The first-order valence-corrected chi connectivity index (χ1v) is 6.98. The van der Waals surface area contributed by atoms with Gasteiger partial charge in [-0.1, -0.05) is 6.92 Å². The first-order chi connectivity index (χ1) is 9.61. The van der Waals surface area contributed by atoms with Crippen molar-refractivity contribution in [3.05, 3.63) is 29.8 Å². The molecule has 0 radical (unpaired) electrons. The van der Waals surface area contributed by atoms with Crippen molar-refractivity contribution in [1.29, 1.82) is 0 Å². The summed E-state index contributed by atoms with van der Waals surface area (Å²) in [6.45, 7) is 3.44. The molecule has 2 N–H and O–H groups in total. The van der Waals surface area contributed by atoms with E-state index in [1.807, 2.05) is 11.8 Å². The summed E-state index contributed by atoms with van der Waals surface area (Å²) in [5, 5.41) is 12.1. The second kappa shape index (κ2) is 6.41. The van der Waals surface area contributed by atoms with Gasteiger partial charge in [-0.05, 0) is 37.1 Å². The largest absolute Gasteiger partial charge is 0.478 e. The fraction of sp³-hybridized carbons (Fsp3) is 0.467. The van der Waals surface area contributed by atoms with E-state index in [1.165, 1.54) is 0 Å². The van der Waals surface area contributed by atoms with Crippen LogP contribution in [0.3, 0.4) is 0 Å². The first kappa shape index (κ1) is 14.4. The lowest BCUT2D eigenvalue weighted by molar-refractivity contribution is -0.131. The monoisotopic (exact) mass is 276 g/mol. The lowest BCUT2D eigenvalue weighted by atomic mass is 10.2. The quantitative estimate of drug-likeness (QED) is 0.865. The van der Waals surface area contributed by atoms with Crippen LogP contribution < -0.4 is 5.32 Å². The van der Waals surface area contributed by atoms with E-state index in [-0.39, 0.29) is 17.5 Å². The SMILES string of the molecule is CCC(=O)N1CCCC1CNc1ccc(C(=O)O)cc1. The molecular weight excluding hydrogens is 256 g/mol. The van der Waals surface area contributed by atoms with Crippen LogP contribution in [-0.2, 0) is 4.79 Å². The van der Waals surface area contributed by atoms with E-state index in [2.05, 4.69) is 5.32 Å². The summed E-state index contributed by atoms with van der Waals surface area (Å²) >= 11 is 0. The summed E-state index contributed by atoms with van der Waals surface area (Å²) in [5.41, 5.74) is 1.16. The van der Waals surface area contributed by atoms with Crippen molar-refractivity contribution in [1.82, 2.24) is 4.90 Å². The van der Waals surface area contributed by atoms with Gasteiger partial charge in [0.1, 0.15) is 0 Å². The number of nitrogens with one attached hydrogen (secondary N) is 1. The molecular formula is C15H20N2O3. The van der Waals surface area contributed by atoms with Gasteiger partial charge in [-0.25, -0.2) is 4.79 Å². The zero-order valence-electron chi connectivity index (χ0n) is 11.6. The molecule has 108 valence electrons. The predicted molar refractivity (Wildman–Crippen MR) is 76.9 cm³/mol. The Hall–Kier alpha value is -2.04. The lowest BCUT2D eigenvalue weighted by Crippen LogP contribution is -2.39. The number of carbonyl (C=O) groups excluding carboxylic acids is 1. The van der Waals surface area contributed by atoms with Gasteiger partial charge in [-0.2, -0.15) is 0 Å². The van der Waals surface area contributed by atoms with Crippen LogP contribution in [-0.4, -0.2) is 41.0 Å². The van der Waals surface area contributed by atoms with Gasteiger partial charge in [0.25, 0.3) is 0 Å². The number of carboxylic acid groups (broad SMARTS) is 1. The number of anilines is 1. The minimum Gasteiger partial charge on any atom is -0.478 e. The van der Waals surface area contributed by atoms with Gasteiger partial charge in [-0.15, -0.1) is 0 Å². The van der Waals surface area contributed by atoms with Crippen LogP contribution in [0.4, 0.5) is 5.69 Å². The molecule has 5 nitrogen and oxygen atoms in total. The number of rotatable bonds is 5. The molecule has 1 aliphatic rings. The molecule has 0 bridgehead atoms. The number of hydrogen-bond acceptors (Lipinski definition) is 3. The number of amides is 1. The Kier molecular flexibility index (Phi) is 4.61. The van der Waals surface area contributed by atoms with E-state index in [1.54, 1.807) is 24.3 Å². The second-order valence-electron chi connectivity index (χ2n) is 5.00. The third-order valence-corrected chi connectivity index (χ3v) is 3.67. The average molecular weight is 276 g/mol. The molecule has 1 aliphatic heterocycles. The van der Waals surface area contributed by atoms with Crippen molar-refractivity contribution >= 4 is 17.6 Å². The van der Waals surface area contributed by atoms with Crippen molar-refractivity contribution in [3.8, 4) is 0 Å². The topological polar surface area (TPSA) is 69.6 Å². The Morgan fingerprint density at radius 2 is 2.05 bits per heavy atom. The molecule has 5 heteroatoms. The maximum atomic E-state index is 11.8. The number of aromatic carboxylic acids is 1. The van der Waals surface area contributed by atoms with Gasteiger partial charge >= 0.3 is 5.97 Å². The summed E-state index contributed by atoms with van der Waals surface area (Å²) < 4.78 is 0. The summed E-state index contributed by atoms with van der Waals surface area (Å²) in [6, 6.07) is 6.90. The Balaban J connectivity index is 1.91. The van der Waals surface area contributed by atoms with Gasteiger partial charge in [0.05, 0.1) is 5.56 Å². The fourth-order valence-electron chi connectivity index (χ4n) is 2.55. The highest BCUT2D eigenvalue weighted by molar-refractivity contribution is 5.88. The van der Waals surface area contributed by atoms with Crippen LogP contribution in [0, 0.1) is 0 Å². The highest BCUT2D eigenvalue weighted by Crippen LogP contribution is 2.19. The molecule has 1 amide bonds. The summed E-state index contributed by atoms with van der Waals surface area (Å²) in [7, 11) is 0. The minimum absolute atomic E-state index is 0.204. The molecule has 1 aromatic rings. The standard InChI is InChI=1S/C15H20N2O3/c1-2-14(18)17-9-3-4-13(17)10-16-12-7-5-11(6-8-12)15(19)20/h5-8,13,16H,2-4,9-10H2,1H3,(H,19,20). The van der Waals surface area contributed by atoms with Crippen LogP contribution in [0.25, 0.3) is 0 Å². The molecule has 1 saturated heterocycles. The predicted octanol–water partition coefficient (Wildman–Crippen LogP) is 2.20. The smallest absolute Gasteiger partial charge is 0.335 e. The number of nitrogens with zero attached hydrogens (tertiary/aromatic N) is 1. The highest BCUT2D eigenvalue weighted by atomic mass is 16.4. The molecule has 1 fully saturated rings. The van der Waals surface area contributed by atoms with Crippen molar-refractivity contribution in [2.24, 2.45) is 0 Å². The number of likely N-dealkylation sites (tertiary alicyclic amines) is 1. The van der Waals surface area contributed by atoms with Crippen molar-refractivity contribution in [2.75, 3.05) is 18.4 Å². The molecule has 2 rings (SSSR count). The molecule has 1 unspecified atom stereocenters. The Morgan fingerprint density at radius 3 is 2.65 bits per heavy atom. The van der Waals surface area contributed by atoms with Crippen molar-refractivity contribution in [2.45, 2.75) is 32.2 Å². The Morgan fingerprint density at radius 1 is 1.35 bits per heavy atom. The highest BCUT2D eigenvalue weighted by Gasteiger charge is 2.27. The second-order valence-corrected chi connectivity index (χ2v) is 5.00. The summed E-state index contributed by atoms with van der Waals surface area (Å²) in [4.78, 5) is 24.5. The third-order valence-electron chi connectivity index (χ3n) is 3.67. The third kappa shape index (κ3) is 3.29. The first-order valence-electron chi connectivity index (χ1n) is 6.98. The van der Waals surface area contributed by atoms with E-state index in [4.69, 9.17) is 5.11 Å². The van der Waals surface area contributed by atoms with Gasteiger partial charge in [-0.3, -0.25) is 4.79 Å². The van der Waals surface area contributed by atoms with E-state index in [9.17, 15) is 9.59 Å². The number of hydrogen-bond donors (Lipinski definition) is 2. The van der Waals surface area contributed by atoms with E-state index < -0.39 is 5.97 Å². The number of benzene rings is 1. The summed E-state index contributed by atoms with van der Waals surface area (Å²) in [6.07, 6.45) is 2.62. The molecule has 0 spiro atoms. The van der Waals surface area contributed by atoms with Gasteiger partial charge in [0, 0.05) is 31.2 Å². The van der Waals surface area contributed by atoms with Crippen LogP contribution in [0.1, 0.15) is 36.5 Å². The number of carboxylic acids is 1. The molecule has 20 heavy (non-hydrogen) atoms. The summed E-state index contributed by atoms with van der Waals surface area (Å²) in [5.74, 6) is -0.720. The van der Waals surface area contributed by atoms with E-state index in [0.717, 1.165) is 25.1 Å². The van der Waals surface area contributed by atoms with Crippen LogP contribution in [0.2, 0.25) is 0 Å². The lowest BCUT2D eigenvalue weighted by Gasteiger charge is -2.25. The van der Waals surface area contributed by atoms with E-state index >= 15 is 0 Å². The van der Waals surface area contributed by atoms with Crippen LogP contribution >= 0.6 is 0 Å². The van der Waals surface area contributed by atoms with Crippen LogP contribution in [0.5, 0.6) is 0 Å². The maximum absolute atomic E-state index is 11.8. The molecule has 1 heterocycles. The minimum atomic E-state index is -0.924. The average Bonchev–Trinajstić information content (AvgIpc) is 2.93. The number of carbonyl (C=O) groups is 2. The fourth-order valence-corrected chi connectivity index (χ4v) is 2.55. The van der Waals surface area contributed by atoms with Gasteiger partial charge in [0.2, 0.25) is 5.91 Å². The van der Waals surface area contributed by atoms with Crippen LogP contribution in [0.15, 0.2) is 24.3 Å². The zero-order valence-corrected chi connectivity index (χ0v) is 11.6. The van der Waals surface area contributed by atoms with Crippen molar-refractivity contribution < 1.29 is 14.7 Å². The van der Waals surface area contributed by atoms with E-state index in [0.29, 0.717) is 13.0 Å². The van der Waals surface area contributed by atoms with Gasteiger partial charge < -0.3 is 15.3 Å². The van der Waals surface area contributed by atoms with Gasteiger partial charge in [0.15, 0.2) is 0 Å². The Labute approximate surface area is 118 Å². The van der Waals surface area contributed by atoms with Crippen molar-refractivity contribution in [3.63, 3.8) is 0 Å². The maximum Gasteiger partial charge on any atom is 0.335 e. The zero-order chi connectivity index (χ0) is 14.5. The normalized spacial score (nSPS) is 18.1. The molecule has 0 aromatic heterocycles. The molecule has 1 atom stereocenters. The molecule has 1 aromatic carbocycles. The molecule has 0 saturated carbocycles. The molecule has 0 aliphatic carbocycles. The Bertz CT molecular complexity index is 484.